The summed E-state index contributed by atoms with van der Waals surface area (Å²) in [5.74, 6) is 0. The largest absolute Gasteiger partial charge is 0.372 e. The van der Waals surface area contributed by atoms with Gasteiger partial charge in [0.1, 0.15) is 0 Å². The minimum Gasteiger partial charge on any atom is -0.372 e. The summed E-state index contributed by atoms with van der Waals surface area (Å²) in [5, 5.41) is 0. The summed E-state index contributed by atoms with van der Waals surface area (Å²) in [4.78, 5) is 0. The maximum absolute atomic E-state index is 3.72. The van der Waals surface area contributed by atoms with Crippen molar-refractivity contribution in [3.8, 4) is 0 Å². The van der Waals surface area contributed by atoms with Crippen molar-refractivity contribution in [2.24, 2.45) is 0 Å². The predicted molar refractivity (Wildman–Crippen MR) is 39.9 cm³/mol. The second kappa shape index (κ2) is 91.5. The molecule has 0 rings (SSSR count). The van der Waals surface area contributed by atoms with E-state index in [0.717, 1.165) is 12.8 Å². The van der Waals surface area contributed by atoms with Crippen molar-refractivity contribution >= 4 is 0 Å². The fourth-order valence-electron chi connectivity index (χ4n) is 0.433. The minimum absolute atomic E-state index is 0. The molecule has 0 aliphatic rings. The van der Waals surface area contributed by atoms with Gasteiger partial charge in [-0.2, -0.15) is 12.8 Å². The molecule has 0 nitrogen and oxygen atoms in total. The molecule has 0 aromatic rings. The first-order chi connectivity index (χ1) is 3.41. The van der Waals surface area contributed by atoms with E-state index in [-0.39, 0.29) is 297 Å². The molecule has 0 aromatic carbocycles. The molecule has 0 aliphatic carbocycles. The summed E-state index contributed by atoms with van der Waals surface area (Å²) in [6.07, 6.45) is 6.60. The summed E-state index contributed by atoms with van der Waals surface area (Å²) in [6, 6.07) is 0. The number of rotatable bonds is 4. The molecule has 19 heavy (non-hydrogen) atoms. The second-order valence-electron chi connectivity index (χ2n) is 1.57. The molecule has 0 atom stereocenters. The van der Waals surface area contributed by atoms with Gasteiger partial charge in [-0.05, 0) is 0 Å². The van der Waals surface area contributed by atoms with E-state index in [0.29, 0.717) is 0 Å². The Kier molecular flexibility index (Phi) is 431. The summed E-state index contributed by atoms with van der Waals surface area (Å²) < 4.78 is 0. The van der Waals surface area contributed by atoms with Crippen LogP contribution < -0.4 is 0 Å². The Labute approximate surface area is 334 Å². The van der Waals surface area contributed by atoms with Crippen LogP contribution in [0.4, 0.5) is 0 Å². The number of hydrogen-bond acceptors (Lipinski definition) is 0. The molecule has 0 fully saturated rings. The van der Waals surface area contributed by atoms with Gasteiger partial charge >= 0.3 is 0 Å². The van der Waals surface area contributed by atoms with Crippen LogP contribution in [-0.4, -0.2) is 0 Å². The van der Waals surface area contributed by atoms with Gasteiger partial charge in [0.25, 0.3) is 0 Å². The molecular formula is C8H16W6Y5-4. The van der Waals surface area contributed by atoms with Crippen LogP contribution >= 0.6 is 0 Å². The van der Waals surface area contributed by atoms with E-state index >= 15 is 0 Å². The van der Waals surface area contributed by atoms with Crippen molar-refractivity contribution in [3.05, 3.63) is 27.7 Å². The molecule has 0 saturated heterocycles. The molecule has 0 N–H and O–H groups in total. The molecule has 0 aromatic heterocycles. The molecule has 103 valence electrons. The van der Waals surface area contributed by atoms with Crippen molar-refractivity contribution in [2.45, 2.75) is 25.7 Å². The third-order valence-corrected chi connectivity index (χ3v) is 0.862. The Morgan fingerprint density at radius 3 is 1.05 bits per heavy atom. The maximum Gasteiger partial charge on any atom is 0 e. The van der Waals surface area contributed by atoms with Gasteiger partial charge in [0, 0.05) is 290 Å². The first kappa shape index (κ1) is 89.4. The van der Waals surface area contributed by atoms with E-state index in [9.17, 15) is 0 Å². The Bertz CT molecular complexity index is 48.8. The number of hydrogen-bond donors (Lipinski definition) is 0. The zero-order valence-corrected chi connectivity index (χ0v) is 42.9. The van der Waals surface area contributed by atoms with Crippen molar-refractivity contribution in [1.29, 1.82) is 0 Å². The van der Waals surface area contributed by atoms with Crippen molar-refractivity contribution in [3.63, 3.8) is 0 Å². The Morgan fingerprint density at radius 1 is 0.632 bits per heavy atom. The molecule has 0 heterocycles. The zero-order valence-electron chi connectivity index (χ0n) is 11.2. The third-order valence-electron chi connectivity index (χ3n) is 0.862. The van der Waals surface area contributed by atoms with Crippen LogP contribution in [0.2, 0.25) is 0 Å². The van der Waals surface area contributed by atoms with E-state index in [1.807, 2.05) is 0 Å². The average molecular weight is 1660 g/mol. The zero-order chi connectivity index (χ0) is 5.54. The SMILES string of the molecule is [CH2-]C[CH-]CCC[CH2-].[CH3-].[W].[W].[W].[W].[W].[W].[Y].[Y].[Y].[Y].[Y]. The van der Waals surface area contributed by atoms with Gasteiger partial charge in [0.05, 0.1) is 0 Å². The Balaban J connectivity index is -0.00000000273. The second-order valence-corrected chi connectivity index (χ2v) is 1.57. The van der Waals surface area contributed by atoms with Crippen LogP contribution in [0.5, 0.6) is 0 Å². The Morgan fingerprint density at radius 2 is 0.895 bits per heavy atom. The first-order valence-corrected chi connectivity index (χ1v) is 2.82. The van der Waals surface area contributed by atoms with Crippen LogP contribution in [-0.2, 0) is 290 Å². The third kappa shape index (κ3) is 97.6. The molecule has 0 aliphatic heterocycles. The molecular weight excluding hydrogens is 1640 g/mol. The molecule has 0 spiro atoms. The molecule has 0 unspecified atom stereocenters. The molecule has 11 heteroatoms. The molecule has 5 radical (unpaired) electrons. The fourth-order valence-corrected chi connectivity index (χ4v) is 0.433. The minimum atomic E-state index is 0. The monoisotopic (exact) mass is 1660 g/mol. The number of unbranched alkanes of at least 4 members (excludes halogenated alkanes) is 4. The average Bonchev–Trinajstić information content (AvgIpc) is 1.69. The summed E-state index contributed by atoms with van der Waals surface area (Å²) >= 11 is 0. The Hall–Kier alpha value is 9.65. The summed E-state index contributed by atoms with van der Waals surface area (Å²) in [6.45, 7) is 7.40. The fraction of sp³-hybridized carbons (Fsp3) is 0.500. The normalized spacial score (nSPS) is 3.47. The summed E-state index contributed by atoms with van der Waals surface area (Å²) in [5.41, 5.74) is 0. The maximum atomic E-state index is 3.72. The van der Waals surface area contributed by atoms with Gasteiger partial charge in [-0.25, -0.2) is 0 Å². The predicted octanol–water partition coefficient (Wildman–Crippen LogP) is 2.84. The van der Waals surface area contributed by atoms with Gasteiger partial charge in [-0.15, -0.1) is 6.42 Å². The quantitative estimate of drug-likeness (QED) is 0.301. The van der Waals surface area contributed by atoms with E-state index in [2.05, 4.69) is 20.3 Å². The van der Waals surface area contributed by atoms with Crippen molar-refractivity contribution in [2.75, 3.05) is 0 Å². The molecule has 0 amide bonds. The molecule has 0 bridgehead atoms. The van der Waals surface area contributed by atoms with Crippen LogP contribution in [0.1, 0.15) is 25.7 Å². The van der Waals surface area contributed by atoms with E-state index in [1.54, 1.807) is 0 Å². The van der Waals surface area contributed by atoms with Crippen LogP contribution in [0.15, 0.2) is 0 Å². The van der Waals surface area contributed by atoms with E-state index < -0.39 is 0 Å². The van der Waals surface area contributed by atoms with E-state index in [1.165, 1.54) is 12.8 Å². The van der Waals surface area contributed by atoms with Crippen molar-refractivity contribution < 1.29 is 290 Å². The summed E-state index contributed by atoms with van der Waals surface area (Å²) in [7, 11) is 0. The van der Waals surface area contributed by atoms with Crippen LogP contribution in [0.25, 0.3) is 0 Å². The van der Waals surface area contributed by atoms with Gasteiger partial charge < -0.3 is 34.1 Å². The van der Waals surface area contributed by atoms with Gasteiger partial charge in [-0.1, -0.05) is 0 Å². The first-order valence-electron chi connectivity index (χ1n) is 2.82. The van der Waals surface area contributed by atoms with Crippen molar-refractivity contribution in [1.82, 2.24) is 0 Å². The smallest absolute Gasteiger partial charge is 0 e. The van der Waals surface area contributed by atoms with Crippen LogP contribution in [0.3, 0.4) is 0 Å². The molecule has 0 saturated carbocycles. The van der Waals surface area contributed by atoms with Crippen LogP contribution in [0, 0.1) is 27.7 Å². The van der Waals surface area contributed by atoms with Gasteiger partial charge in [-0.3, -0.25) is 0 Å². The van der Waals surface area contributed by atoms with Gasteiger partial charge in [0.15, 0.2) is 0 Å². The standard InChI is InChI=1S/C7H13.CH3.6W.5Y/c1-3-5-7-6-4-2;;;;;;;;;;;;/h5H,1-4,6-7H2;1H3;;;;;;;;;;;/q-3;-1;;;;;;;;;;;. The van der Waals surface area contributed by atoms with Gasteiger partial charge in [0.2, 0.25) is 0 Å². The van der Waals surface area contributed by atoms with E-state index in [4.69, 9.17) is 0 Å². The topological polar surface area (TPSA) is 0 Å².